The lowest BCUT2D eigenvalue weighted by atomic mass is 10.0. The number of carbonyl (C=O) groups is 2. The maximum atomic E-state index is 13.9. The van der Waals surface area contributed by atoms with Gasteiger partial charge in [-0.1, -0.05) is 25.2 Å². The molecular weight excluding hydrogens is 469 g/mol. The summed E-state index contributed by atoms with van der Waals surface area (Å²) in [6, 6.07) is 3.90. The lowest BCUT2D eigenvalue weighted by molar-refractivity contribution is 0.0946. The molecule has 3 heterocycles. The zero-order valence-electron chi connectivity index (χ0n) is 18.1. The van der Waals surface area contributed by atoms with Crippen molar-refractivity contribution < 1.29 is 22.8 Å². The number of hydrogen-bond acceptors (Lipinski definition) is 6. The lowest BCUT2D eigenvalue weighted by Crippen LogP contribution is -2.23. The van der Waals surface area contributed by atoms with Crippen molar-refractivity contribution in [1.82, 2.24) is 30.7 Å². The van der Waals surface area contributed by atoms with Gasteiger partial charge in [-0.2, -0.15) is 5.10 Å². The predicted octanol–water partition coefficient (Wildman–Crippen LogP) is 4.03. The molecule has 0 radical (unpaired) electrons. The summed E-state index contributed by atoms with van der Waals surface area (Å²) in [5, 5.41) is 19.2. The van der Waals surface area contributed by atoms with E-state index in [1.54, 1.807) is 0 Å². The molecular formula is C22H19F3N6O2S. The van der Waals surface area contributed by atoms with E-state index in [4.69, 9.17) is 0 Å². The Morgan fingerprint density at radius 3 is 2.53 bits per heavy atom. The van der Waals surface area contributed by atoms with Crippen molar-refractivity contribution in [3.63, 3.8) is 0 Å². The van der Waals surface area contributed by atoms with Crippen molar-refractivity contribution in [3.05, 3.63) is 75.4 Å². The van der Waals surface area contributed by atoms with Crippen LogP contribution in [-0.2, 0) is 13.0 Å². The van der Waals surface area contributed by atoms with Crippen molar-refractivity contribution >= 4 is 23.0 Å². The summed E-state index contributed by atoms with van der Waals surface area (Å²) in [6.45, 7) is 4.28. The molecule has 0 aliphatic rings. The molecule has 0 unspecified atom stereocenters. The van der Waals surface area contributed by atoms with Gasteiger partial charge in [0.2, 0.25) is 0 Å². The highest BCUT2D eigenvalue weighted by Gasteiger charge is 2.22. The fourth-order valence-corrected chi connectivity index (χ4v) is 3.99. The minimum absolute atomic E-state index is 0.00270. The van der Waals surface area contributed by atoms with Crippen molar-refractivity contribution in [2.24, 2.45) is 5.92 Å². The van der Waals surface area contributed by atoms with Crippen LogP contribution in [0.15, 0.2) is 30.5 Å². The largest absolute Gasteiger partial charge is 0.356 e. The zero-order chi connectivity index (χ0) is 24.4. The maximum absolute atomic E-state index is 13.9. The molecule has 34 heavy (non-hydrogen) atoms. The molecule has 1 aromatic carbocycles. The Hall–Kier alpha value is -3.80. The molecule has 0 atom stereocenters. The summed E-state index contributed by atoms with van der Waals surface area (Å²) in [4.78, 5) is 27.5. The van der Waals surface area contributed by atoms with Crippen molar-refractivity contribution in [1.29, 1.82) is 0 Å². The number of ketones is 1. The predicted molar refractivity (Wildman–Crippen MR) is 118 cm³/mol. The molecule has 0 bridgehead atoms. The molecule has 3 N–H and O–H groups in total. The number of hydrogen-bond donors (Lipinski definition) is 3. The number of nitrogens with zero attached hydrogens (tertiary/aromatic N) is 3. The van der Waals surface area contributed by atoms with Crippen LogP contribution in [0.1, 0.15) is 51.0 Å². The number of amides is 1. The van der Waals surface area contributed by atoms with E-state index >= 15 is 0 Å². The summed E-state index contributed by atoms with van der Waals surface area (Å²) in [7, 11) is 0. The van der Waals surface area contributed by atoms with Crippen LogP contribution < -0.4 is 5.32 Å². The molecule has 0 fully saturated rings. The number of H-pyrrole nitrogens is 2. The molecule has 8 nitrogen and oxygen atoms in total. The van der Waals surface area contributed by atoms with Crippen LogP contribution in [0.25, 0.3) is 10.7 Å². The number of aromatic nitrogens is 5. The molecule has 0 aliphatic carbocycles. The third kappa shape index (κ3) is 5.06. The highest BCUT2D eigenvalue weighted by atomic mass is 32.1. The second-order valence-electron chi connectivity index (χ2n) is 7.93. The molecule has 3 aromatic heterocycles. The van der Waals surface area contributed by atoms with E-state index in [1.807, 2.05) is 6.07 Å². The van der Waals surface area contributed by atoms with Crippen molar-refractivity contribution in [3.8, 4) is 10.7 Å². The zero-order valence-corrected chi connectivity index (χ0v) is 18.9. The van der Waals surface area contributed by atoms with Gasteiger partial charge < -0.3 is 10.3 Å². The number of halogens is 3. The Morgan fingerprint density at radius 2 is 1.82 bits per heavy atom. The standard InChI is InChI=1S/C22H19F3N6O2S/c1-10(2)3-13-7-17(29-28-13)22-31-30-18(34-22)9-27-21(33)16-4-11(8-26-16)20(32)19-14(24)5-12(23)6-15(19)25/h4-8,10,26H,3,9H2,1-2H3,(H,27,33)(H,28,29). The molecule has 12 heteroatoms. The van der Waals surface area contributed by atoms with Crippen LogP contribution in [0.2, 0.25) is 0 Å². The first-order valence-corrected chi connectivity index (χ1v) is 11.1. The average Bonchev–Trinajstić information content (AvgIpc) is 3.51. The SMILES string of the molecule is CC(C)Cc1cc(-c2nnc(CNC(=O)c3cc(C(=O)c4c(F)cc(F)cc4F)c[nH]3)s2)[nH]n1. The topological polar surface area (TPSA) is 116 Å². The van der Waals surface area contributed by atoms with E-state index < -0.39 is 34.7 Å². The van der Waals surface area contributed by atoms with E-state index in [0.717, 1.165) is 30.1 Å². The van der Waals surface area contributed by atoms with Crippen LogP contribution in [0.3, 0.4) is 0 Å². The van der Waals surface area contributed by atoms with Gasteiger partial charge in [0.1, 0.15) is 28.2 Å². The summed E-state index contributed by atoms with van der Waals surface area (Å²) in [5.74, 6) is -4.89. The molecule has 0 saturated heterocycles. The van der Waals surface area contributed by atoms with Crippen LogP contribution in [0, 0.1) is 23.4 Å². The van der Waals surface area contributed by atoms with Gasteiger partial charge in [0.15, 0.2) is 10.8 Å². The fourth-order valence-electron chi connectivity index (χ4n) is 3.24. The van der Waals surface area contributed by atoms with Gasteiger partial charge in [0.05, 0.1) is 23.5 Å². The normalized spacial score (nSPS) is 11.2. The van der Waals surface area contributed by atoms with Crippen LogP contribution in [-0.4, -0.2) is 37.1 Å². The molecule has 0 spiro atoms. The number of carbonyl (C=O) groups excluding carboxylic acids is 2. The van der Waals surface area contributed by atoms with E-state index in [1.165, 1.54) is 11.3 Å². The van der Waals surface area contributed by atoms with Crippen LogP contribution in [0.5, 0.6) is 0 Å². The highest BCUT2D eigenvalue weighted by molar-refractivity contribution is 7.14. The Labute approximate surface area is 195 Å². The number of rotatable bonds is 8. The number of aromatic amines is 2. The number of benzene rings is 1. The van der Waals surface area contributed by atoms with Crippen molar-refractivity contribution in [2.45, 2.75) is 26.8 Å². The third-order valence-corrected chi connectivity index (χ3v) is 5.73. The third-order valence-electron chi connectivity index (χ3n) is 4.77. The Kier molecular flexibility index (Phi) is 6.59. The Bertz CT molecular complexity index is 1340. The average molecular weight is 488 g/mol. The first-order chi connectivity index (χ1) is 16.2. The fraction of sp³-hybridized carbons (Fsp3) is 0.227. The molecule has 4 aromatic rings. The van der Waals surface area contributed by atoms with Crippen molar-refractivity contribution in [2.75, 3.05) is 0 Å². The van der Waals surface area contributed by atoms with Gasteiger partial charge in [-0.05, 0) is 24.5 Å². The maximum Gasteiger partial charge on any atom is 0.268 e. The molecule has 1 amide bonds. The highest BCUT2D eigenvalue weighted by Crippen LogP contribution is 2.23. The molecule has 0 saturated carbocycles. The molecule has 4 rings (SSSR count). The van der Waals surface area contributed by atoms with Gasteiger partial charge in [-0.3, -0.25) is 14.7 Å². The van der Waals surface area contributed by atoms with E-state index in [9.17, 15) is 22.8 Å². The van der Waals surface area contributed by atoms with E-state index in [2.05, 4.69) is 44.5 Å². The van der Waals surface area contributed by atoms with E-state index in [-0.39, 0.29) is 17.8 Å². The first kappa shape index (κ1) is 23.4. The van der Waals surface area contributed by atoms with E-state index in [0.29, 0.717) is 28.1 Å². The van der Waals surface area contributed by atoms with Gasteiger partial charge in [-0.15, -0.1) is 10.2 Å². The number of nitrogens with one attached hydrogen (secondary N) is 3. The lowest BCUT2D eigenvalue weighted by Gasteiger charge is -2.03. The van der Waals surface area contributed by atoms with Gasteiger partial charge in [0, 0.05) is 23.9 Å². The molecule has 0 aliphatic heterocycles. The van der Waals surface area contributed by atoms with Crippen LogP contribution >= 0.6 is 11.3 Å². The second-order valence-corrected chi connectivity index (χ2v) is 8.99. The molecule has 176 valence electrons. The summed E-state index contributed by atoms with van der Waals surface area (Å²) >= 11 is 1.28. The minimum atomic E-state index is -1.32. The second kappa shape index (κ2) is 9.59. The quantitative estimate of drug-likeness (QED) is 0.324. The summed E-state index contributed by atoms with van der Waals surface area (Å²) in [5.41, 5.74) is 0.613. The van der Waals surface area contributed by atoms with Gasteiger partial charge >= 0.3 is 0 Å². The minimum Gasteiger partial charge on any atom is -0.356 e. The monoisotopic (exact) mass is 488 g/mol. The van der Waals surface area contributed by atoms with Crippen LogP contribution in [0.4, 0.5) is 13.2 Å². The Morgan fingerprint density at radius 1 is 1.09 bits per heavy atom. The smallest absolute Gasteiger partial charge is 0.268 e. The summed E-state index contributed by atoms with van der Waals surface area (Å²) in [6.07, 6.45) is 1.98. The van der Waals surface area contributed by atoms with Gasteiger partial charge in [0.25, 0.3) is 5.91 Å². The van der Waals surface area contributed by atoms with Gasteiger partial charge in [-0.25, -0.2) is 13.2 Å². The summed E-state index contributed by atoms with van der Waals surface area (Å²) < 4.78 is 40.9. The first-order valence-electron chi connectivity index (χ1n) is 10.2. The Balaban J connectivity index is 1.39.